The smallest absolute Gasteiger partial charge is 0.225 e. The van der Waals surface area contributed by atoms with Crippen LogP contribution in [0.4, 0.5) is 0 Å². The van der Waals surface area contributed by atoms with Crippen LogP contribution < -0.4 is 20.1 Å². The monoisotopic (exact) mass is 404 g/mol. The summed E-state index contributed by atoms with van der Waals surface area (Å²) >= 11 is 0. The molecule has 0 radical (unpaired) electrons. The number of carbonyl (C=O) groups excluding carboxylic acids is 1. The lowest BCUT2D eigenvalue weighted by Gasteiger charge is -2.22. The summed E-state index contributed by atoms with van der Waals surface area (Å²) in [7, 11) is 3.35. The van der Waals surface area contributed by atoms with Crippen LogP contribution in [-0.4, -0.2) is 63.7 Å². The Morgan fingerprint density at radius 3 is 2.38 bits per heavy atom. The van der Waals surface area contributed by atoms with Gasteiger partial charge in [-0.3, -0.25) is 9.79 Å². The minimum Gasteiger partial charge on any atom is -0.497 e. The Hall–Kier alpha value is -2.44. The molecule has 2 rings (SSSR count). The standard InChI is InChI=1S/C22H36N4O3/c1-7-23-21(25-10-9-24-20(27)22(2,3)4)26-11-8-16(15-26)17-12-18(28-5)14-19(13-17)29-6/h12-14,16H,7-11,15H2,1-6H3,(H,23,25)(H,24,27). The highest BCUT2D eigenvalue weighted by Gasteiger charge is 2.27. The second-order valence-electron chi connectivity index (χ2n) is 8.32. The number of aliphatic imine (C=N–C) groups is 1. The van der Waals surface area contributed by atoms with Crippen LogP contribution in [0.5, 0.6) is 11.5 Å². The van der Waals surface area contributed by atoms with E-state index in [1.54, 1.807) is 14.2 Å². The van der Waals surface area contributed by atoms with Gasteiger partial charge in [-0.15, -0.1) is 0 Å². The lowest BCUT2D eigenvalue weighted by molar-refractivity contribution is -0.128. The molecule has 1 unspecified atom stereocenters. The summed E-state index contributed by atoms with van der Waals surface area (Å²) < 4.78 is 10.8. The molecule has 0 bridgehead atoms. The SMILES string of the molecule is CCNC(=NCCNC(=O)C(C)(C)C)N1CCC(c2cc(OC)cc(OC)c2)C1. The zero-order valence-corrected chi connectivity index (χ0v) is 18.7. The van der Waals surface area contributed by atoms with E-state index < -0.39 is 0 Å². The number of methoxy groups -OCH3 is 2. The zero-order valence-electron chi connectivity index (χ0n) is 18.7. The summed E-state index contributed by atoms with van der Waals surface area (Å²) in [5.41, 5.74) is 0.839. The third-order valence-corrected chi connectivity index (χ3v) is 5.01. The van der Waals surface area contributed by atoms with E-state index in [0.29, 0.717) is 19.0 Å². The quantitative estimate of drug-likeness (QED) is 0.415. The van der Waals surface area contributed by atoms with Gasteiger partial charge in [-0.05, 0) is 31.0 Å². The number of hydrogen-bond acceptors (Lipinski definition) is 4. The number of amides is 1. The van der Waals surface area contributed by atoms with Gasteiger partial charge in [0.1, 0.15) is 11.5 Å². The van der Waals surface area contributed by atoms with Crippen molar-refractivity contribution in [3.8, 4) is 11.5 Å². The van der Waals surface area contributed by atoms with Crippen molar-refractivity contribution in [2.75, 3.05) is 46.9 Å². The van der Waals surface area contributed by atoms with E-state index in [0.717, 1.165) is 43.5 Å². The van der Waals surface area contributed by atoms with Gasteiger partial charge in [-0.25, -0.2) is 0 Å². The van der Waals surface area contributed by atoms with E-state index in [9.17, 15) is 4.79 Å². The van der Waals surface area contributed by atoms with E-state index in [4.69, 9.17) is 14.5 Å². The predicted octanol–water partition coefficient (Wildman–Crippen LogP) is 2.62. The molecule has 0 spiro atoms. The van der Waals surface area contributed by atoms with Crippen molar-refractivity contribution in [3.05, 3.63) is 23.8 Å². The van der Waals surface area contributed by atoms with E-state index in [1.807, 2.05) is 26.8 Å². The van der Waals surface area contributed by atoms with Crippen molar-refractivity contribution < 1.29 is 14.3 Å². The molecule has 0 aromatic heterocycles. The molecule has 1 aromatic carbocycles. The first-order valence-corrected chi connectivity index (χ1v) is 10.3. The van der Waals surface area contributed by atoms with E-state index in [2.05, 4.69) is 34.6 Å². The van der Waals surface area contributed by atoms with Crippen molar-refractivity contribution in [2.45, 2.75) is 40.0 Å². The number of benzene rings is 1. The number of likely N-dealkylation sites (tertiary alicyclic amines) is 1. The van der Waals surface area contributed by atoms with Gasteiger partial charge in [0.2, 0.25) is 5.91 Å². The summed E-state index contributed by atoms with van der Waals surface area (Å²) in [6, 6.07) is 6.07. The fourth-order valence-corrected chi connectivity index (χ4v) is 3.31. The highest BCUT2D eigenvalue weighted by atomic mass is 16.5. The largest absolute Gasteiger partial charge is 0.497 e. The fourth-order valence-electron chi connectivity index (χ4n) is 3.31. The number of guanidine groups is 1. The van der Waals surface area contributed by atoms with Crippen LogP contribution in [-0.2, 0) is 4.79 Å². The molecule has 1 saturated heterocycles. The van der Waals surface area contributed by atoms with Crippen molar-refractivity contribution in [3.63, 3.8) is 0 Å². The van der Waals surface area contributed by atoms with Crippen LogP contribution in [0.2, 0.25) is 0 Å². The molecule has 7 heteroatoms. The highest BCUT2D eigenvalue weighted by molar-refractivity contribution is 5.82. The summed E-state index contributed by atoms with van der Waals surface area (Å²) in [4.78, 5) is 19.0. The first-order chi connectivity index (χ1) is 13.8. The van der Waals surface area contributed by atoms with Gasteiger partial charge in [-0.2, -0.15) is 0 Å². The molecule has 2 N–H and O–H groups in total. The molecular weight excluding hydrogens is 368 g/mol. The first-order valence-electron chi connectivity index (χ1n) is 10.3. The van der Waals surface area contributed by atoms with Crippen molar-refractivity contribution >= 4 is 11.9 Å². The van der Waals surface area contributed by atoms with Crippen molar-refractivity contribution in [1.82, 2.24) is 15.5 Å². The Balaban J connectivity index is 2.00. The molecule has 1 fully saturated rings. The summed E-state index contributed by atoms with van der Waals surface area (Å²) in [6.45, 7) is 11.5. The molecule has 1 amide bonds. The van der Waals surface area contributed by atoms with Crippen LogP contribution in [0.15, 0.2) is 23.2 Å². The maximum Gasteiger partial charge on any atom is 0.225 e. The molecule has 7 nitrogen and oxygen atoms in total. The van der Waals surface area contributed by atoms with E-state index >= 15 is 0 Å². The van der Waals surface area contributed by atoms with Crippen LogP contribution in [0, 0.1) is 5.41 Å². The topological polar surface area (TPSA) is 75.2 Å². The van der Waals surface area contributed by atoms with Crippen molar-refractivity contribution in [1.29, 1.82) is 0 Å². The third-order valence-electron chi connectivity index (χ3n) is 5.01. The normalized spacial score (nSPS) is 17.2. The Morgan fingerprint density at radius 1 is 1.17 bits per heavy atom. The average molecular weight is 405 g/mol. The lowest BCUT2D eigenvalue weighted by atomic mass is 9.96. The lowest BCUT2D eigenvalue weighted by Crippen LogP contribution is -2.41. The number of ether oxygens (including phenoxy) is 2. The van der Waals surface area contributed by atoms with Gasteiger partial charge < -0.3 is 25.0 Å². The predicted molar refractivity (Wildman–Crippen MR) is 117 cm³/mol. The van der Waals surface area contributed by atoms with Gasteiger partial charge in [0, 0.05) is 43.6 Å². The average Bonchev–Trinajstić information content (AvgIpc) is 3.19. The molecular formula is C22H36N4O3. The molecule has 0 aliphatic carbocycles. The van der Waals surface area contributed by atoms with Crippen LogP contribution in [0.3, 0.4) is 0 Å². The number of carbonyl (C=O) groups is 1. The second-order valence-corrected chi connectivity index (χ2v) is 8.32. The molecule has 1 atom stereocenters. The number of hydrogen-bond donors (Lipinski definition) is 2. The van der Waals surface area contributed by atoms with Gasteiger partial charge in [-0.1, -0.05) is 20.8 Å². The molecule has 1 aliphatic heterocycles. The molecule has 1 aromatic rings. The highest BCUT2D eigenvalue weighted by Crippen LogP contribution is 2.32. The number of nitrogens with one attached hydrogen (secondary N) is 2. The molecule has 1 heterocycles. The molecule has 0 saturated carbocycles. The summed E-state index contributed by atoms with van der Waals surface area (Å²) in [5, 5.41) is 6.32. The fraction of sp³-hybridized carbons (Fsp3) is 0.636. The van der Waals surface area contributed by atoms with Crippen LogP contribution in [0.25, 0.3) is 0 Å². The summed E-state index contributed by atoms with van der Waals surface area (Å²) in [5.74, 6) is 2.96. The third kappa shape index (κ3) is 6.54. The Bertz CT molecular complexity index is 690. The number of nitrogens with zero attached hydrogens (tertiary/aromatic N) is 2. The Morgan fingerprint density at radius 2 is 1.83 bits per heavy atom. The number of rotatable bonds is 7. The molecule has 1 aliphatic rings. The Labute approximate surface area is 174 Å². The van der Waals surface area contributed by atoms with E-state index in [1.165, 1.54) is 5.56 Å². The van der Waals surface area contributed by atoms with Gasteiger partial charge in [0.05, 0.1) is 20.8 Å². The minimum absolute atomic E-state index is 0.0471. The van der Waals surface area contributed by atoms with Gasteiger partial charge in [0.25, 0.3) is 0 Å². The van der Waals surface area contributed by atoms with Gasteiger partial charge >= 0.3 is 0 Å². The minimum atomic E-state index is -0.381. The molecule has 29 heavy (non-hydrogen) atoms. The second kappa shape index (κ2) is 10.4. The van der Waals surface area contributed by atoms with Crippen LogP contribution >= 0.6 is 0 Å². The maximum absolute atomic E-state index is 12.0. The summed E-state index contributed by atoms with van der Waals surface area (Å²) in [6.07, 6.45) is 1.04. The Kier molecular flexibility index (Phi) is 8.17. The van der Waals surface area contributed by atoms with E-state index in [-0.39, 0.29) is 11.3 Å². The van der Waals surface area contributed by atoms with Crippen molar-refractivity contribution in [2.24, 2.45) is 10.4 Å². The van der Waals surface area contributed by atoms with Gasteiger partial charge in [0.15, 0.2) is 5.96 Å². The maximum atomic E-state index is 12.0. The molecule has 162 valence electrons. The zero-order chi connectivity index (χ0) is 21.4. The first kappa shape index (κ1) is 22.8. The van der Waals surface area contributed by atoms with Crippen LogP contribution in [0.1, 0.15) is 45.6 Å².